The Morgan fingerprint density at radius 2 is 2.17 bits per heavy atom. The third-order valence-corrected chi connectivity index (χ3v) is 3.46. The molecule has 1 aliphatic heterocycles. The molecule has 1 fully saturated rings. The molecule has 1 atom stereocenters. The molecule has 0 amide bonds. The number of likely N-dealkylation sites (tertiary alicyclic amines) is 1. The van der Waals surface area contributed by atoms with Crippen LogP contribution in [0.2, 0.25) is 0 Å². The summed E-state index contributed by atoms with van der Waals surface area (Å²) in [6.45, 7) is 5.53. The Morgan fingerprint density at radius 1 is 1.39 bits per heavy atom. The number of hydrogen-bond donors (Lipinski definition) is 1. The molecule has 2 heterocycles. The molecule has 0 radical (unpaired) electrons. The molecule has 1 aromatic rings. The molecule has 1 unspecified atom stereocenters. The zero-order valence-electron chi connectivity index (χ0n) is 10.9. The Labute approximate surface area is 109 Å². The number of nitrogens with one attached hydrogen (secondary N) is 1. The van der Waals surface area contributed by atoms with Gasteiger partial charge in [-0.1, -0.05) is 12.5 Å². The first-order valence-corrected chi connectivity index (χ1v) is 6.64. The van der Waals surface area contributed by atoms with Gasteiger partial charge in [-0.05, 0) is 45.0 Å². The van der Waals surface area contributed by atoms with Crippen LogP contribution in [0.1, 0.15) is 31.9 Å². The summed E-state index contributed by atoms with van der Waals surface area (Å²) in [5.41, 5.74) is 0.464. The molecule has 4 heteroatoms. The third kappa shape index (κ3) is 3.44. The summed E-state index contributed by atoms with van der Waals surface area (Å²) in [5.74, 6) is 0.790. The SMILES string of the molecule is CC(CNc1cccc(C#N)n1)N1CCCCC1. The molecular weight excluding hydrogens is 224 g/mol. The van der Waals surface area contributed by atoms with Gasteiger partial charge in [0.15, 0.2) is 0 Å². The maximum atomic E-state index is 8.79. The Morgan fingerprint density at radius 3 is 2.89 bits per heavy atom. The van der Waals surface area contributed by atoms with Gasteiger partial charge in [0, 0.05) is 12.6 Å². The van der Waals surface area contributed by atoms with E-state index >= 15 is 0 Å². The van der Waals surface area contributed by atoms with Gasteiger partial charge in [0.25, 0.3) is 0 Å². The standard InChI is InChI=1S/C14H20N4/c1-12(18-8-3-2-4-9-18)11-16-14-7-5-6-13(10-15)17-14/h5-7,12H,2-4,8-9,11H2,1H3,(H,16,17). The highest BCUT2D eigenvalue weighted by Gasteiger charge is 2.16. The van der Waals surface area contributed by atoms with Crippen molar-refractivity contribution in [3.05, 3.63) is 23.9 Å². The lowest BCUT2D eigenvalue weighted by molar-refractivity contribution is 0.180. The van der Waals surface area contributed by atoms with Crippen molar-refractivity contribution in [3.8, 4) is 6.07 Å². The van der Waals surface area contributed by atoms with Crippen molar-refractivity contribution < 1.29 is 0 Å². The highest BCUT2D eigenvalue weighted by molar-refractivity contribution is 5.38. The van der Waals surface area contributed by atoms with Crippen LogP contribution in [-0.4, -0.2) is 35.6 Å². The van der Waals surface area contributed by atoms with Crippen LogP contribution in [0, 0.1) is 11.3 Å². The lowest BCUT2D eigenvalue weighted by atomic mass is 10.1. The van der Waals surface area contributed by atoms with Gasteiger partial charge < -0.3 is 5.32 Å². The molecule has 0 spiro atoms. The normalized spacial score (nSPS) is 18.0. The molecule has 1 aromatic heterocycles. The second kappa shape index (κ2) is 6.36. The summed E-state index contributed by atoms with van der Waals surface area (Å²) in [7, 11) is 0. The molecule has 2 rings (SSSR count). The monoisotopic (exact) mass is 244 g/mol. The molecule has 1 saturated heterocycles. The molecule has 1 N–H and O–H groups in total. The van der Waals surface area contributed by atoms with Crippen LogP contribution >= 0.6 is 0 Å². The van der Waals surface area contributed by atoms with E-state index in [-0.39, 0.29) is 0 Å². The van der Waals surface area contributed by atoms with Crippen LogP contribution in [0.25, 0.3) is 0 Å². The first kappa shape index (κ1) is 12.8. The summed E-state index contributed by atoms with van der Waals surface area (Å²) >= 11 is 0. The quantitative estimate of drug-likeness (QED) is 0.882. The van der Waals surface area contributed by atoms with Crippen molar-refractivity contribution in [2.24, 2.45) is 0 Å². The van der Waals surface area contributed by atoms with Gasteiger partial charge in [0.1, 0.15) is 17.6 Å². The maximum absolute atomic E-state index is 8.79. The van der Waals surface area contributed by atoms with E-state index in [0.717, 1.165) is 12.4 Å². The van der Waals surface area contributed by atoms with E-state index in [1.54, 1.807) is 6.07 Å². The number of hydrogen-bond acceptors (Lipinski definition) is 4. The number of nitriles is 1. The number of pyridine rings is 1. The van der Waals surface area contributed by atoms with E-state index < -0.39 is 0 Å². The summed E-state index contributed by atoms with van der Waals surface area (Å²) in [4.78, 5) is 6.74. The van der Waals surface area contributed by atoms with Crippen LogP contribution in [-0.2, 0) is 0 Å². The van der Waals surface area contributed by atoms with Crippen molar-refractivity contribution in [1.29, 1.82) is 5.26 Å². The second-order valence-electron chi connectivity index (χ2n) is 4.85. The second-order valence-corrected chi connectivity index (χ2v) is 4.85. The Balaban J connectivity index is 1.84. The van der Waals surface area contributed by atoms with Crippen LogP contribution < -0.4 is 5.32 Å². The largest absolute Gasteiger partial charge is 0.368 e. The minimum Gasteiger partial charge on any atom is -0.368 e. The highest BCUT2D eigenvalue weighted by Crippen LogP contribution is 2.12. The third-order valence-electron chi connectivity index (χ3n) is 3.46. The van der Waals surface area contributed by atoms with E-state index in [1.165, 1.54) is 32.4 Å². The lowest BCUT2D eigenvalue weighted by Crippen LogP contribution is -2.41. The van der Waals surface area contributed by atoms with Gasteiger partial charge in [-0.3, -0.25) is 4.90 Å². The minimum absolute atomic E-state index is 0.464. The van der Waals surface area contributed by atoms with Crippen LogP contribution in [0.3, 0.4) is 0 Å². The molecular formula is C14H20N4. The van der Waals surface area contributed by atoms with E-state index in [0.29, 0.717) is 11.7 Å². The minimum atomic E-state index is 0.464. The fraction of sp³-hybridized carbons (Fsp3) is 0.571. The number of rotatable bonds is 4. The van der Waals surface area contributed by atoms with Crippen molar-refractivity contribution in [2.45, 2.75) is 32.2 Å². The molecule has 0 bridgehead atoms. The van der Waals surface area contributed by atoms with Gasteiger partial charge in [0.05, 0.1) is 0 Å². The fourth-order valence-electron chi connectivity index (χ4n) is 2.34. The van der Waals surface area contributed by atoms with E-state index in [4.69, 9.17) is 5.26 Å². The number of anilines is 1. The topological polar surface area (TPSA) is 52.0 Å². The molecule has 0 aromatic carbocycles. The first-order chi connectivity index (χ1) is 8.79. The van der Waals surface area contributed by atoms with E-state index in [9.17, 15) is 0 Å². The lowest BCUT2D eigenvalue weighted by Gasteiger charge is -2.32. The van der Waals surface area contributed by atoms with Crippen LogP contribution in [0.15, 0.2) is 18.2 Å². The highest BCUT2D eigenvalue weighted by atomic mass is 15.2. The Hall–Kier alpha value is -1.60. The van der Waals surface area contributed by atoms with Gasteiger partial charge in [0.2, 0.25) is 0 Å². The molecule has 1 aliphatic rings. The van der Waals surface area contributed by atoms with Crippen molar-refractivity contribution >= 4 is 5.82 Å². The number of aromatic nitrogens is 1. The fourth-order valence-corrected chi connectivity index (χ4v) is 2.34. The predicted molar refractivity (Wildman–Crippen MR) is 72.3 cm³/mol. The zero-order chi connectivity index (χ0) is 12.8. The summed E-state index contributed by atoms with van der Waals surface area (Å²) < 4.78 is 0. The predicted octanol–water partition coefficient (Wildman–Crippen LogP) is 2.24. The average Bonchev–Trinajstić information content (AvgIpc) is 2.46. The Bertz CT molecular complexity index is 418. The van der Waals surface area contributed by atoms with E-state index in [2.05, 4.69) is 28.2 Å². The maximum Gasteiger partial charge on any atom is 0.142 e. The summed E-state index contributed by atoms with van der Waals surface area (Å²) in [6.07, 6.45) is 3.99. The Kier molecular flexibility index (Phi) is 4.54. The molecule has 0 saturated carbocycles. The van der Waals surface area contributed by atoms with Gasteiger partial charge in [-0.15, -0.1) is 0 Å². The summed E-state index contributed by atoms with van der Waals surface area (Å²) in [5, 5.41) is 12.1. The number of nitrogens with zero attached hydrogens (tertiary/aromatic N) is 3. The van der Waals surface area contributed by atoms with Crippen molar-refractivity contribution in [2.75, 3.05) is 25.0 Å². The number of piperidine rings is 1. The first-order valence-electron chi connectivity index (χ1n) is 6.64. The average molecular weight is 244 g/mol. The molecule has 4 nitrogen and oxygen atoms in total. The molecule has 96 valence electrons. The van der Waals surface area contributed by atoms with Crippen molar-refractivity contribution in [1.82, 2.24) is 9.88 Å². The van der Waals surface area contributed by atoms with Crippen molar-refractivity contribution in [3.63, 3.8) is 0 Å². The summed E-state index contributed by atoms with van der Waals surface area (Å²) in [6, 6.07) is 8.06. The van der Waals surface area contributed by atoms with Crippen LogP contribution in [0.5, 0.6) is 0 Å². The van der Waals surface area contributed by atoms with Gasteiger partial charge in [-0.2, -0.15) is 5.26 Å². The smallest absolute Gasteiger partial charge is 0.142 e. The van der Waals surface area contributed by atoms with Gasteiger partial charge >= 0.3 is 0 Å². The molecule has 0 aliphatic carbocycles. The molecule has 18 heavy (non-hydrogen) atoms. The zero-order valence-corrected chi connectivity index (χ0v) is 10.9. The van der Waals surface area contributed by atoms with Gasteiger partial charge in [-0.25, -0.2) is 4.98 Å². The van der Waals surface area contributed by atoms with Crippen LogP contribution in [0.4, 0.5) is 5.82 Å². The van der Waals surface area contributed by atoms with E-state index in [1.807, 2.05) is 12.1 Å².